The summed E-state index contributed by atoms with van der Waals surface area (Å²) < 4.78 is 0. The molecule has 116 valence electrons. The first-order chi connectivity index (χ1) is 10.1. The first-order valence-corrected chi connectivity index (χ1v) is 7.94. The van der Waals surface area contributed by atoms with Crippen LogP contribution in [0.15, 0.2) is 12.4 Å². The Morgan fingerprint density at radius 2 is 2.24 bits per heavy atom. The number of piperidine rings is 1. The van der Waals surface area contributed by atoms with Crippen LogP contribution in [-0.4, -0.2) is 47.5 Å². The molecule has 1 amide bonds. The summed E-state index contributed by atoms with van der Waals surface area (Å²) in [5.74, 6) is 1.42. The first-order valence-electron chi connectivity index (χ1n) is 7.94. The van der Waals surface area contributed by atoms with Gasteiger partial charge in [0.15, 0.2) is 0 Å². The van der Waals surface area contributed by atoms with Gasteiger partial charge in [0.2, 0.25) is 0 Å². The topological polar surface area (TPSA) is 49.3 Å². The maximum Gasteiger partial charge on any atom is 0.274 e. The second-order valence-electron chi connectivity index (χ2n) is 6.03. The maximum atomic E-state index is 12.4. The van der Waals surface area contributed by atoms with Gasteiger partial charge in [-0.2, -0.15) is 0 Å². The van der Waals surface area contributed by atoms with E-state index >= 15 is 0 Å². The third-order valence-electron chi connectivity index (χ3n) is 4.04. The largest absolute Gasteiger partial charge is 0.358 e. The molecule has 1 saturated heterocycles. The fourth-order valence-corrected chi connectivity index (χ4v) is 2.67. The molecule has 0 saturated carbocycles. The van der Waals surface area contributed by atoms with Crippen molar-refractivity contribution in [2.45, 2.75) is 39.5 Å². The second kappa shape index (κ2) is 7.38. The van der Waals surface area contributed by atoms with E-state index in [9.17, 15) is 4.79 Å². The normalized spacial score (nSPS) is 18.6. The van der Waals surface area contributed by atoms with E-state index < -0.39 is 0 Å². The number of hydrogen-bond donors (Lipinski definition) is 0. The van der Waals surface area contributed by atoms with Crippen molar-refractivity contribution >= 4 is 11.7 Å². The van der Waals surface area contributed by atoms with Crippen LogP contribution >= 0.6 is 0 Å². The Balaban J connectivity index is 1.99. The highest BCUT2D eigenvalue weighted by atomic mass is 16.2. The van der Waals surface area contributed by atoms with Crippen molar-refractivity contribution in [1.82, 2.24) is 14.9 Å². The number of rotatable bonds is 5. The Kier molecular flexibility index (Phi) is 5.53. The summed E-state index contributed by atoms with van der Waals surface area (Å²) in [6, 6.07) is 0. The number of carbonyl (C=O) groups is 1. The Morgan fingerprint density at radius 3 is 2.86 bits per heavy atom. The minimum absolute atomic E-state index is 0.0109. The summed E-state index contributed by atoms with van der Waals surface area (Å²) in [5, 5.41) is 0. The van der Waals surface area contributed by atoms with E-state index in [2.05, 4.69) is 28.7 Å². The molecule has 2 rings (SSSR count). The summed E-state index contributed by atoms with van der Waals surface area (Å²) in [6.45, 7) is 6.99. The lowest BCUT2D eigenvalue weighted by Crippen LogP contribution is -2.39. The summed E-state index contributed by atoms with van der Waals surface area (Å²) in [4.78, 5) is 25.1. The van der Waals surface area contributed by atoms with Gasteiger partial charge in [-0.1, -0.05) is 20.3 Å². The molecule has 1 aliphatic rings. The van der Waals surface area contributed by atoms with Crippen LogP contribution in [0.3, 0.4) is 0 Å². The van der Waals surface area contributed by atoms with Crippen LogP contribution in [0, 0.1) is 5.92 Å². The number of likely N-dealkylation sites (tertiary alicyclic amines) is 1. The fraction of sp³-hybridized carbons (Fsp3) is 0.688. The number of hydrogen-bond acceptors (Lipinski definition) is 4. The van der Waals surface area contributed by atoms with Gasteiger partial charge in [-0.15, -0.1) is 0 Å². The number of nitrogens with zero attached hydrogens (tertiary/aromatic N) is 4. The molecule has 0 N–H and O–H groups in total. The van der Waals surface area contributed by atoms with Gasteiger partial charge < -0.3 is 9.80 Å². The first kappa shape index (κ1) is 15.7. The number of amides is 1. The van der Waals surface area contributed by atoms with Crippen molar-refractivity contribution in [2.24, 2.45) is 5.92 Å². The lowest BCUT2D eigenvalue weighted by molar-refractivity contribution is 0.0676. The number of anilines is 1. The van der Waals surface area contributed by atoms with Crippen molar-refractivity contribution in [3.05, 3.63) is 18.1 Å². The Labute approximate surface area is 127 Å². The molecule has 1 atom stereocenters. The average Bonchev–Trinajstić information content (AvgIpc) is 2.52. The molecular formula is C16H26N4O. The fourth-order valence-electron chi connectivity index (χ4n) is 2.67. The molecule has 0 aromatic carbocycles. The van der Waals surface area contributed by atoms with Crippen molar-refractivity contribution in [3.8, 4) is 0 Å². The Morgan fingerprint density at radius 1 is 1.43 bits per heavy atom. The zero-order chi connectivity index (χ0) is 15.2. The van der Waals surface area contributed by atoms with E-state index in [-0.39, 0.29) is 5.91 Å². The molecule has 0 radical (unpaired) electrons. The summed E-state index contributed by atoms with van der Waals surface area (Å²) in [6.07, 6.45) is 7.89. The van der Waals surface area contributed by atoms with Crippen molar-refractivity contribution < 1.29 is 4.79 Å². The van der Waals surface area contributed by atoms with E-state index in [0.29, 0.717) is 11.6 Å². The van der Waals surface area contributed by atoms with Gasteiger partial charge >= 0.3 is 0 Å². The van der Waals surface area contributed by atoms with E-state index in [1.54, 1.807) is 12.4 Å². The highest BCUT2D eigenvalue weighted by Gasteiger charge is 2.23. The summed E-state index contributed by atoms with van der Waals surface area (Å²) in [7, 11) is 2.01. The predicted octanol–water partition coefficient (Wildman–Crippen LogP) is 2.59. The summed E-state index contributed by atoms with van der Waals surface area (Å²) >= 11 is 0. The van der Waals surface area contributed by atoms with E-state index in [1.807, 2.05) is 11.9 Å². The van der Waals surface area contributed by atoms with E-state index in [1.165, 1.54) is 6.42 Å². The molecule has 1 unspecified atom stereocenters. The molecule has 21 heavy (non-hydrogen) atoms. The molecule has 2 heterocycles. The van der Waals surface area contributed by atoms with Crippen LogP contribution in [0.4, 0.5) is 5.82 Å². The van der Waals surface area contributed by atoms with E-state index in [0.717, 1.165) is 44.7 Å². The van der Waals surface area contributed by atoms with Gasteiger partial charge in [0, 0.05) is 26.7 Å². The molecule has 1 aromatic rings. The lowest BCUT2D eigenvalue weighted by atomic mass is 10.0. The smallest absolute Gasteiger partial charge is 0.274 e. The van der Waals surface area contributed by atoms with Crippen LogP contribution in [0.1, 0.15) is 50.0 Å². The quantitative estimate of drug-likeness (QED) is 0.836. The van der Waals surface area contributed by atoms with E-state index in [4.69, 9.17) is 0 Å². The highest BCUT2D eigenvalue weighted by molar-refractivity contribution is 5.92. The molecule has 5 heteroatoms. The van der Waals surface area contributed by atoms with Gasteiger partial charge in [-0.05, 0) is 25.2 Å². The van der Waals surface area contributed by atoms with Gasteiger partial charge in [0.25, 0.3) is 5.91 Å². The monoisotopic (exact) mass is 290 g/mol. The van der Waals surface area contributed by atoms with Crippen LogP contribution in [-0.2, 0) is 0 Å². The predicted molar refractivity (Wildman–Crippen MR) is 84.5 cm³/mol. The molecule has 0 spiro atoms. The van der Waals surface area contributed by atoms with Crippen LogP contribution in [0.25, 0.3) is 0 Å². The van der Waals surface area contributed by atoms with Gasteiger partial charge in [-0.25, -0.2) is 9.97 Å². The van der Waals surface area contributed by atoms with Crippen molar-refractivity contribution in [3.63, 3.8) is 0 Å². The lowest BCUT2D eigenvalue weighted by Gasteiger charge is -2.30. The van der Waals surface area contributed by atoms with Crippen LogP contribution in [0.5, 0.6) is 0 Å². The second-order valence-corrected chi connectivity index (χ2v) is 6.03. The summed E-state index contributed by atoms with van der Waals surface area (Å²) in [5.41, 5.74) is 0.455. The zero-order valence-corrected chi connectivity index (χ0v) is 13.4. The number of aromatic nitrogens is 2. The minimum Gasteiger partial charge on any atom is -0.358 e. The van der Waals surface area contributed by atoms with Gasteiger partial charge in [0.1, 0.15) is 11.5 Å². The number of unbranched alkanes of at least 4 members (excludes halogenated alkanes) is 1. The molecule has 5 nitrogen and oxygen atoms in total. The highest BCUT2D eigenvalue weighted by Crippen LogP contribution is 2.17. The van der Waals surface area contributed by atoms with Crippen LogP contribution in [0.2, 0.25) is 0 Å². The minimum atomic E-state index is 0.0109. The molecule has 0 bridgehead atoms. The zero-order valence-electron chi connectivity index (χ0n) is 13.4. The standard InChI is InChI=1S/C16H26N4O/c1-4-5-8-19(3)15-11-17-14(10-18-15)16(21)20-9-6-7-13(2)12-20/h10-11,13H,4-9,12H2,1-3H3. The van der Waals surface area contributed by atoms with Crippen LogP contribution < -0.4 is 4.90 Å². The third kappa shape index (κ3) is 4.16. The SMILES string of the molecule is CCCCN(C)c1cnc(C(=O)N2CCCC(C)C2)cn1. The number of carbonyl (C=O) groups excluding carboxylic acids is 1. The maximum absolute atomic E-state index is 12.4. The Bertz CT molecular complexity index is 460. The molecule has 0 aliphatic carbocycles. The molecular weight excluding hydrogens is 264 g/mol. The Hall–Kier alpha value is -1.65. The molecule has 1 fully saturated rings. The average molecular weight is 290 g/mol. The van der Waals surface area contributed by atoms with Crippen molar-refractivity contribution in [2.75, 3.05) is 31.6 Å². The van der Waals surface area contributed by atoms with Crippen molar-refractivity contribution in [1.29, 1.82) is 0 Å². The third-order valence-corrected chi connectivity index (χ3v) is 4.04. The molecule has 1 aliphatic heterocycles. The van der Waals surface area contributed by atoms with Gasteiger partial charge in [0.05, 0.1) is 12.4 Å². The van der Waals surface area contributed by atoms with Gasteiger partial charge in [-0.3, -0.25) is 4.79 Å². The molecule has 1 aromatic heterocycles.